The number of amides is 3. The van der Waals surface area contributed by atoms with E-state index in [0.29, 0.717) is 0 Å². The van der Waals surface area contributed by atoms with Crippen LogP contribution in [-0.2, 0) is 17.8 Å². The zero-order valence-electron chi connectivity index (χ0n) is 12.9. The van der Waals surface area contributed by atoms with Crippen molar-refractivity contribution in [2.24, 2.45) is 0 Å². The summed E-state index contributed by atoms with van der Waals surface area (Å²) in [6.45, 7) is 4.38. The molecule has 0 atom stereocenters. The van der Waals surface area contributed by atoms with Crippen LogP contribution in [0.1, 0.15) is 44.2 Å². The lowest BCUT2D eigenvalue weighted by Crippen LogP contribution is -2.52. The fourth-order valence-electron chi connectivity index (χ4n) is 3.66. The van der Waals surface area contributed by atoms with Crippen molar-refractivity contribution < 1.29 is 14.3 Å². The van der Waals surface area contributed by atoms with Gasteiger partial charge < -0.3 is 10.1 Å². The molecule has 1 saturated carbocycles. The van der Waals surface area contributed by atoms with Crippen molar-refractivity contribution >= 4 is 11.9 Å². The molecule has 2 aliphatic heterocycles. The fraction of sp³-hybridized carbons (Fsp3) is 0.529. The van der Waals surface area contributed by atoms with Crippen LogP contribution in [0.25, 0.3) is 0 Å². The van der Waals surface area contributed by atoms with E-state index in [0.717, 1.165) is 42.6 Å². The number of hydrogen-bond donors (Lipinski definition) is 1. The van der Waals surface area contributed by atoms with Crippen LogP contribution < -0.4 is 10.1 Å². The van der Waals surface area contributed by atoms with Crippen LogP contribution in [0.5, 0.6) is 5.75 Å². The Bertz CT molecular complexity index is 676. The maximum atomic E-state index is 12.6. The van der Waals surface area contributed by atoms with E-state index in [1.807, 2.05) is 32.0 Å². The Balaban J connectivity index is 1.62. The summed E-state index contributed by atoms with van der Waals surface area (Å²) in [5.41, 5.74) is 1.20. The maximum absolute atomic E-state index is 12.6. The number of carbonyl (C=O) groups is 2. The van der Waals surface area contributed by atoms with Gasteiger partial charge in [0.15, 0.2) is 0 Å². The quantitative estimate of drug-likeness (QED) is 0.853. The van der Waals surface area contributed by atoms with E-state index in [9.17, 15) is 9.59 Å². The molecule has 1 aromatic carbocycles. The molecule has 2 fully saturated rings. The van der Waals surface area contributed by atoms with Gasteiger partial charge in [-0.05, 0) is 38.7 Å². The van der Waals surface area contributed by atoms with E-state index in [-0.39, 0.29) is 24.1 Å². The predicted molar refractivity (Wildman–Crippen MR) is 80.5 cm³/mol. The number of nitrogens with zero attached hydrogens (tertiary/aromatic N) is 1. The molecule has 2 heterocycles. The van der Waals surface area contributed by atoms with Gasteiger partial charge in [0, 0.05) is 12.0 Å². The molecule has 0 radical (unpaired) electrons. The van der Waals surface area contributed by atoms with E-state index in [1.54, 1.807) is 0 Å². The fourth-order valence-corrected chi connectivity index (χ4v) is 3.66. The predicted octanol–water partition coefficient (Wildman–Crippen LogP) is 2.37. The van der Waals surface area contributed by atoms with Gasteiger partial charge in [-0.2, -0.15) is 0 Å². The summed E-state index contributed by atoms with van der Waals surface area (Å²) < 4.78 is 6.03. The van der Waals surface area contributed by atoms with Crippen LogP contribution >= 0.6 is 0 Å². The second kappa shape index (κ2) is 4.24. The van der Waals surface area contributed by atoms with Crippen molar-refractivity contribution in [3.05, 3.63) is 29.3 Å². The molecule has 0 bridgehead atoms. The number of hydrogen-bond acceptors (Lipinski definition) is 3. The largest absolute Gasteiger partial charge is 0.487 e. The summed E-state index contributed by atoms with van der Waals surface area (Å²) >= 11 is 0. The Morgan fingerprint density at radius 3 is 2.68 bits per heavy atom. The number of para-hydroxylation sites is 1. The van der Waals surface area contributed by atoms with Crippen molar-refractivity contribution in [2.75, 3.05) is 0 Å². The van der Waals surface area contributed by atoms with E-state index in [1.165, 1.54) is 4.90 Å². The normalized spacial score (nSPS) is 24.0. The third-order valence-electron chi connectivity index (χ3n) is 4.95. The van der Waals surface area contributed by atoms with Gasteiger partial charge in [0.1, 0.15) is 16.9 Å². The second-order valence-corrected chi connectivity index (χ2v) is 7.20. The van der Waals surface area contributed by atoms with E-state index < -0.39 is 5.54 Å². The molecule has 3 aliphatic rings. The van der Waals surface area contributed by atoms with Gasteiger partial charge in [0.2, 0.25) is 0 Å². The van der Waals surface area contributed by atoms with Crippen LogP contribution in [0.4, 0.5) is 4.79 Å². The van der Waals surface area contributed by atoms with Crippen molar-refractivity contribution in [1.29, 1.82) is 0 Å². The van der Waals surface area contributed by atoms with Crippen LogP contribution in [-0.4, -0.2) is 28.0 Å². The molecular formula is C17H20N2O3. The molecule has 1 aromatic rings. The smallest absolute Gasteiger partial charge is 0.325 e. The summed E-state index contributed by atoms with van der Waals surface area (Å²) in [4.78, 5) is 26.1. The number of ether oxygens (including phenoxy) is 1. The lowest BCUT2D eigenvalue weighted by atomic mass is 9.77. The average Bonchev–Trinajstić information content (AvgIpc) is 2.85. The minimum absolute atomic E-state index is 0.0846. The number of carbonyl (C=O) groups excluding carboxylic acids is 2. The molecule has 1 saturated heterocycles. The second-order valence-electron chi connectivity index (χ2n) is 7.20. The lowest BCUT2D eigenvalue weighted by Gasteiger charge is -2.34. The maximum Gasteiger partial charge on any atom is 0.325 e. The highest BCUT2D eigenvalue weighted by Gasteiger charge is 2.54. The van der Waals surface area contributed by atoms with Crippen LogP contribution in [0.15, 0.2) is 18.2 Å². The third kappa shape index (κ3) is 1.84. The Morgan fingerprint density at radius 2 is 2.05 bits per heavy atom. The van der Waals surface area contributed by atoms with Crippen LogP contribution in [0, 0.1) is 0 Å². The molecule has 116 valence electrons. The molecule has 4 rings (SSSR count). The zero-order valence-corrected chi connectivity index (χ0v) is 12.9. The molecule has 3 amide bonds. The number of fused-ring (bicyclic) bond motifs is 1. The minimum Gasteiger partial charge on any atom is -0.487 e. The van der Waals surface area contributed by atoms with Gasteiger partial charge in [-0.25, -0.2) is 4.79 Å². The van der Waals surface area contributed by atoms with E-state index in [4.69, 9.17) is 4.74 Å². The van der Waals surface area contributed by atoms with Crippen molar-refractivity contribution in [3.63, 3.8) is 0 Å². The molecule has 0 unspecified atom stereocenters. The first-order valence-corrected chi connectivity index (χ1v) is 7.84. The summed E-state index contributed by atoms with van der Waals surface area (Å²) in [7, 11) is 0. The molecule has 0 aromatic heterocycles. The lowest BCUT2D eigenvalue weighted by molar-refractivity contribution is -0.134. The average molecular weight is 300 g/mol. The molecule has 1 N–H and O–H groups in total. The Labute approximate surface area is 129 Å². The standard InChI is InChI=1S/C17H20N2O3/c1-16(2)9-11-5-3-6-12(13(11)22-16)10-19-14(20)17(7-4-8-17)18-15(19)21/h3,5-6H,4,7-10H2,1-2H3,(H,18,21). The Kier molecular flexibility index (Phi) is 2.63. The minimum atomic E-state index is -0.616. The van der Waals surface area contributed by atoms with Crippen molar-refractivity contribution in [1.82, 2.24) is 10.2 Å². The molecule has 5 nitrogen and oxygen atoms in total. The SMILES string of the molecule is CC1(C)Cc2cccc(CN3C(=O)NC4(CCC4)C3=O)c2O1. The molecule has 1 spiro atoms. The van der Waals surface area contributed by atoms with Gasteiger partial charge >= 0.3 is 6.03 Å². The van der Waals surface area contributed by atoms with Crippen molar-refractivity contribution in [3.8, 4) is 5.75 Å². The highest BCUT2D eigenvalue weighted by molar-refractivity contribution is 6.07. The Hall–Kier alpha value is -2.04. The van der Waals surface area contributed by atoms with Gasteiger partial charge in [-0.1, -0.05) is 18.2 Å². The van der Waals surface area contributed by atoms with Gasteiger partial charge in [0.25, 0.3) is 5.91 Å². The number of rotatable bonds is 2. The highest BCUT2D eigenvalue weighted by atomic mass is 16.5. The summed E-state index contributed by atoms with van der Waals surface area (Å²) in [6.07, 6.45) is 3.35. The first kappa shape index (κ1) is 13.6. The molecule has 1 aliphatic carbocycles. The zero-order chi connectivity index (χ0) is 15.5. The van der Waals surface area contributed by atoms with Gasteiger partial charge in [-0.3, -0.25) is 9.69 Å². The number of urea groups is 1. The van der Waals surface area contributed by atoms with Gasteiger partial charge in [-0.15, -0.1) is 0 Å². The summed E-state index contributed by atoms with van der Waals surface area (Å²) in [5.74, 6) is 0.751. The van der Waals surface area contributed by atoms with Crippen LogP contribution in [0.2, 0.25) is 0 Å². The Morgan fingerprint density at radius 1 is 1.27 bits per heavy atom. The molecule has 22 heavy (non-hydrogen) atoms. The summed E-state index contributed by atoms with van der Waals surface area (Å²) in [5, 5.41) is 2.87. The number of imide groups is 1. The topological polar surface area (TPSA) is 58.6 Å². The number of nitrogens with one attached hydrogen (secondary N) is 1. The van der Waals surface area contributed by atoms with E-state index >= 15 is 0 Å². The first-order valence-electron chi connectivity index (χ1n) is 7.84. The van der Waals surface area contributed by atoms with Crippen LogP contribution in [0.3, 0.4) is 0 Å². The highest BCUT2D eigenvalue weighted by Crippen LogP contribution is 2.41. The number of benzene rings is 1. The molecular weight excluding hydrogens is 280 g/mol. The first-order chi connectivity index (χ1) is 10.4. The third-order valence-corrected chi connectivity index (χ3v) is 4.95. The monoisotopic (exact) mass is 300 g/mol. The summed E-state index contributed by atoms with van der Waals surface area (Å²) in [6, 6.07) is 5.68. The molecule has 5 heteroatoms. The van der Waals surface area contributed by atoms with E-state index in [2.05, 4.69) is 5.32 Å². The van der Waals surface area contributed by atoms with Gasteiger partial charge in [0.05, 0.1) is 6.54 Å². The van der Waals surface area contributed by atoms with Crippen molar-refractivity contribution in [2.45, 2.75) is 57.2 Å².